The Kier molecular flexibility index (Phi) is 6.74. The lowest BCUT2D eigenvalue weighted by atomic mass is 10.3. The smallest absolute Gasteiger partial charge is 0.305 e. The molecule has 2 amide bonds. The van der Waals surface area contributed by atoms with Crippen molar-refractivity contribution in [3.63, 3.8) is 0 Å². The van der Waals surface area contributed by atoms with E-state index in [4.69, 9.17) is 5.11 Å². The molecule has 21 heavy (non-hydrogen) atoms. The molecule has 1 rings (SSSR count). The molecule has 1 aromatic carbocycles. The van der Waals surface area contributed by atoms with E-state index in [1.165, 1.54) is 18.7 Å². The molecule has 6 nitrogen and oxygen atoms in total. The third kappa shape index (κ3) is 6.80. The summed E-state index contributed by atoms with van der Waals surface area (Å²) < 4.78 is 0. The molecule has 0 saturated carbocycles. The second-order valence-electron chi connectivity index (χ2n) is 4.40. The maximum absolute atomic E-state index is 11.8. The second kappa shape index (κ2) is 8.31. The van der Waals surface area contributed by atoms with Gasteiger partial charge in [0.2, 0.25) is 11.8 Å². The number of amides is 2. The second-order valence-corrected chi connectivity index (χ2v) is 5.81. The predicted octanol–water partition coefficient (Wildman–Crippen LogP) is 1.72. The van der Waals surface area contributed by atoms with Crippen LogP contribution in [0.3, 0.4) is 0 Å². The molecule has 0 spiro atoms. The zero-order chi connectivity index (χ0) is 15.8. The molecule has 0 radical (unpaired) electrons. The third-order valence-corrected chi connectivity index (χ3v) is 3.61. The van der Waals surface area contributed by atoms with Crippen molar-refractivity contribution in [2.24, 2.45) is 0 Å². The minimum absolute atomic E-state index is 0.0888. The highest BCUT2D eigenvalue weighted by molar-refractivity contribution is 8.00. The van der Waals surface area contributed by atoms with Crippen LogP contribution in [0, 0.1) is 0 Å². The number of anilines is 1. The van der Waals surface area contributed by atoms with Crippen LogP contribution in [0.5, 0.6) is 0 Å². The zero-order valence-corrected chi connectivity index (χ0v) is 12.7. The summed E-state index contributed by atoms with van der Waals surface area (Å²) in [6, 6.07) is 7.16. The summed E-state index contributed by atoms with van der Waals surface area (Å²) in [5.41, 5.74) is 0.699. The summed E-state index contributed by atoms with van der Waals surface area (Å²) in [5, 5.41) is 13.4. The van der Waals surface area contributed by atoms with Crippen molar-refractivity contribution in [3.8, 4) is 0 Å². The first-order valence-corrected chi connectivity index (χ1v) is 7.30. The minimum Gasteiger partial charge on any atom is -0.481 e. The van der Waals surface area contributed by atoms with Gasteiger partial charge in [0.25, 0.3) is 0 Å². The summed E-state index contributed by atoms with van der Waals surface area (Å²) >= 11 is 1.37. The number of aliphatic carboxylic acids is 1. The van der Waals surface area contributed by atoms with E-state index in [1.807, 2.05) is 12.1 Å². The Labute approximate surface area is 127 Å². The average molecular weight is 310 g/mol. The summed E-state index contributed by atoms with van der Waals surface area (Å²) in [5.74, 6) is -1.28. The van der Waals surface area contributed by atoms with E-state index in [9.17, 15) is 14.4 Å². The molecule has 0 aliphatic carbocycles. The summed E-state index contributed by atoms with van der Waals surface area (Å²) in [7, 11) is 0. The van der Waals surface area contributed by atoms with Gasteiger partial charge < -0.3 is 15.7 Å². The van der Waals surface area contributed by atoms with Gasteiger partial charge >= 0.3 is 5.97 Å². The van der Waals surface area contributed by atoms with E-state index >= 15 is 0 Å². The number of nitrogens with one attached hydrogen (secondary N) is 2. The van der Waals surface area contributed by atoms with Crippen LogP contribution in [0.25, 0.3) is 0 Å². The molecule has 0 heterocycles. The SMILES string of the molecule is CC(=O)Nc1ccc(SC(C)C(=O)NCCC(=O)O)cc1. The molecule has 0 fully saturated rings. The van der Waals surface area contributed by atoms with Gasteiger partial charge in [0, 0.05) is 24.1 Å². The molecule has 0 aromatic heterocycles. The van der Waals surface area contributed by atoms with Crippen LogP contribution in [0.4, 0.5) is 5.69 Å². The highest BCUT2D eigenvalue weighted by atomic mass is 32.2. The average Bonchev–Trinajstić information content (AvgIpc) is 2.39. The highest BCUT2D eigenvalue weighted by Crippen LogP contribution is 2.24. The number of thioether (sulfide) groups is 1. The van der Waals surface area contributed by atoms with Gasteiger partial charge in [0.05, 0.1) is 11.7 Å². The Morgan fingerprint density at radius 2 is 1.86 bits per heavy atom. The van der Waals surface area contributed by atoms with Gasteiger partial charge in [-0.25, -0.2) is 0 Å². The van der Waals surface area contributed by atoms with Crippen LogP contribution in [0.1, 0.15) is 20.3 Å². The van der Waals surface area contributed by atoms with Gasteiger partial charge in [-0.1, -0.05) is 0 Å². The first-order valence-electron chi connectivity index (χ1n) is 6.42. The third-order valence-electron chi connectivity index (χ3n) is 2.49. The number of carboxylic acid groups (broad SMARTS) is 1. The van der Waals surface area contributed by atoms with E-state index in [-0.39, 0.29) is 30.0 Å². The van der Waals surface area contributed by atoms with Crippen molar-refractivity contribution in [2.45, 2.75) is 30.4 Å². The van der Waals surface area contributed by atoms with E-state index < -0.39 is 5.97 Å². The lowest BCUT2D eigenvalue weighted by Crippen LogP contribution is -2.32. The Balaban J connectivity index is 2.46. The maximum atomic E-state index is 11.8. The monoisotopic (exact) mass is 310 g/mol. The molecule has 1 atom stereocenters. The summed E-state index contributed by atoms with van der Waals surface area (Å²) in [6.45, 7) is 3.31. The number of carbonyl (C=O) groups excluding carboxylic acids is 2. The van der Waals surface area contributed by atoms with E-state index in [2.05, 4.69) is 10.6 Å². The fraction of sp³-hybridized carbons (Fsp3) is 0.357. The van der Waals surface area contributed by atoms with Crippen molar-refractivity contribution in [2.75, 3.05) is 11.9 Å². The fourth-order valence-corrected chi connectivity index (χ4v) is 2.41. The number of hydrogen-bond donors (Lipinski definition) is 3. The molecule has 1 unspecified atom stereocenters. The Morgan fingerprint density at radius 3 is 2.38 bits per heavy atom. The van der Waals surface area contributed by atoms with Crippen molar-refractivity contribution >= 4 is 35.2 Å². The first-order chi connectivity index (χ1) is 9.88. The van der Waals surface area contributed by atoms with Crippen molar-refractivity contribution < 1.29 is 19.5 Å². The Bertz CT molecular complexity index is 516. The van der Waals surface area contributed by atoms with Gasteiger partial charge in [0.15, 0.2) is 0 Å². The van der Waals surface area contributed by atoms with Crippen LogP contribution >= 0.6 is 11.8 Å². The largest absolute Gasteiger partial charge is 0.481 e. The number of carbonyl (C=O) groups is 3. The maximum Gasteiger partial charge on any atom is 0.305 e. The fourth-order valence-electron chi connectivity index (χ4n) is 1.51. The minimum atomic E-state index is -0.941. The highest BCUT2D eigenvalue weighted by Gasteiger charge is 2.14. The lowest BCUT2D eigenvalue weighted by Gasteiger charge is -2.11. The molecule has 114 valence electrons. The van der Waals surface area contributed by atoms with E-state index in [0.29, 0.717) is 5.69 Å². The van der Waals surface area contributed by atoms with Gasteiger partial charge in [-0.15, -0.1) is 11.8 Å². The topological polar surface area (TPSA) is 95.5 Å². The molecule has 0 aliphatic rings. The van der Waals surface area contributed by atoms with Crippen LogP contribution < -0.4 is 10.6 Å². The Hall–Kier alpha value is -2.02. The molecule has 7 heteroatoms. The van der Waals surface area contributed by atoms with Crippen molar-refractivity contribution in [1.82, 2.24) is 5.32 Å². The van der Waals surface area contributed by atoms with Gasteiger partial charge in [-0.3, -0.25) is 14.4 Å². The van der Waals surface area contributed by atoms with Gasteiger partial charge in [-0.05, 0) is 31.2 Å². The quantitative estimate of drug-likeness (QED) is 0.666. The van der Waals surface area contributed by atoms with E-state index in [1.54, 1.807) is 19.1 Å². The molecule has 3 N–H and O–H groups in total. The molecule has 0 saturated heterocycles. The number of hydrogen-bond acceptors (Lipinski definition) is 4. The van der Waals surface area contributed by atoms with Gasteiger partial charge in [-0.2, -0.15) is 0 Å². The molecular formula is C14H18N2O4S. The zero-order valence-electron chi connectivity index (χ0n) is 11.9. The molecular weight excluding hydrogens is 292 g/mol. The number of carboxylic acids is 1. The summed E-state index contributed by atoms with van der Waals surface area (Å²) in [6.07, 6.45) is -0.0888. The van der Waals surface area contributed by atoms with Crippen LogP contribution in [-0.4, -0.2) is 34.7 Å². The number of rotatable bonds is 7. The van der Waals surface area contributed by atoms with E-state index in [0.717, 1.165) is 4.90 Å². The lowest BCUT2D eigenvalue weighted by molar-refractivity contribution is -0.137. The van der Waals surface area contributed by atoms with Crippen LogP contribution in [0.15, 0.2) is 29.2 Å². The van der Waals surface area contributed by atoms with Crippen LogP contribution in [-0.2, 0) is 14.4 Å². The van der Waals surface area contributed by atoms with Gasteiger partial charge in [0.1, 0.15) is 0 Å². The molecule has 0 bridgehead atoms. The predicted molar refractivity (Wildman–Crippen MR) is 81.3 cm³/mol. The molecule has 0 aliphatic heterocycles. The van der Waals surface area contributed by atoms with Crippen molar-refractivity contribution in [1.29, 1.82) is 0 Å². The standard InChI is InChI=1S/C14H18N2O4S/c1-9(14(20)15-8-7-13(18)19)21-12-5-3-11(4-6-12)16-10(2)17/h3-6,9H,7-8H2,1-2H3,(H,15,20)(H,16,17)(H,18,19). The number of benzene rings is 1. The summed E-state index contributed by atoms with van der Waals surface area (Å²) in [4.78, 5) is 33.9. The van der Waals surface area contributed by atoms with Crippen molar-refractivity contribution in [3.05, 3.63) is 24.3 Å². The first kappa shape index (κ1) is 17.0. The normalized spacial score (nSPS) is 11.5. The Morgan fingerprint density at radius 1 is 1.24 bits per heavy atom. The van der Waals surface area contributed by atoms with Crippen LogP contribution in [0.2, 0.25) is 0 Å². The molecule has 1 aromatic rings.